The molecule has 0 bridgehead atoms. The zero-order valence-corrected chi connectivity index (χ0v) is 6.93. The number of allylic oxidation sites excluding steroid dienone is 2. The lowest BCUT2D eigenvalue weighted by Gasteiger charge is -1.77. The van der Waals surface area contributed by atoms with Gasteiger partial charge in [0.25, 0.3) is 0 Å². The van der Waals surface area contributed by atoms with Crippen molar-refractivity contribution < 1.29 is 11.0 Å². The highest BCUT2D eigenvalue weighted by atomic mass is 35.5. The van der Waals surface area contributed by atoms with Gasteiger partial charge < -0.3 is 11.0 Å². The molecule has 0 rings (SSSR count). The summed E-state index contributed by atoms with van der Waals surface area (Å²) in [4.78, 5) is 0.926. The largest absolute Gasteiger partial charge is 0.412 e. The minimum absolute atomic E-state index is 0. The Hall–Kier alpha value is 0.0400. The zero-order chi connectivity index (χ0) is 4.99. The summed E-state index contributed by atoms with van der Waals surface area (Å²) in [6, 6.07) is 0. The first-order valence-corrected chi connectivity index (χ1v) is 2.23. The van der Waals surface area contributed by atoms with Crippen LogP contribution in [-0.2, 0) is 0 Å². The SMILES string of the molecule is C=C/C(S)=C\C.Cl.O.O. The highest BCUT2D eigenvalue weighted by Crippen LogP contribution is 1.97. The molecule has 0 amide bonds. The van der Waals surface area contributed by atoms with Crippen LogP contribution in [0.2, 0.25) is 0 Å². The molecule has 0 fully saturated rings. The molecule has 4 N–H and O–H groups in total. The summed E-state index contributed by atoms with van der Waals surface area (Å²) in [6.45, 7) is 5.41. The van der Waals surface area contributed by atoms with Gasteiger partial charge in [-0.2, -0.15) is 0 Å². The summed E-state index contributed by atoms with van der Waals surface area (Å²) >= 11 is 3.97. The molecule has 0 unspecified atom stereocenters. The summed E-state index contributed by atoms with van der Waals surface area (Å²) in [5.41, 5.74) is 0. The third-order valence-electron chi connectivity index (χ3n) is 0.505. The van der Waals surface area contributed by atoms with Crippen LogP contribution in [0.4, 0.5) is 0 Å². The molecule has 0 spiro atoms. The van der Waals surface area contributed by atoms with Gasteiger partial charge in [0.05, 0.1) is 0 Å². The van der Waals surface area contributed by atoms with Crippen LogP contribution in [0.15, 0.2) is 23.6 Å². The second kappa shape index (κ2) is 15.7. The lowest BCUT2D eigenvalue weighted by atomic mass is 10.5. The number of rotatable bonds is 1. The molecule has 0 saturated heterocycles. The Balaban J connectivity index is -0.0000000417. The van der Waals surface area contributed by atoms with Gasteiger partial charge in [-0.1, -0.05) is 18.7 Å². The highest BCUT2D eigenvalue weighted by Gasteiger charge is 1.67. The number of halogens is 1. The lowest BCUT2D eigenvalue weighted by Crippen LogP contribution is -1.51. The van der Waals surface area contributed by atoms with E-state index in [0.29, 0.717) is 0 Å². The highest BCUT2D eigenvalue weighted by molar-refractivity contribution is 7.84. The van der Waals surface area contributed by atoms with Gasteiger partial charge in [-0.25, -0.2) is 0 Å². The van der Waals surface area contributed by atoms with Crippen molar-refractivity contribution in [3.8, 4) is 0 Å². The van der Waals surface area contributed by atoms with E-state index in [1.54, 1.807) is 6.08 Å². The summed E-state index contributed by atoms with van der Waals surface area (Å²) in [5.74, 6) is 0. The maximum Gasteiger partial charge on any atom is -0.000867 e. The van der Waals surface area contributed by atoms with Gasteiger partial charge in [0, 0.05) is 0 Å². The van der Waals surface area contributed by atoms with Crippen LogP contribution in [0.25, 0.3) is 0 Å². The molecule has 0 saturated carbocycles. The summed E-state index contributed by atoms with van der Waals surface area (Å²) in [6.07, 6.45) is 3.58. The fourth-order valence-corrected chi connectivity index (χ4v) is 0.118. The van der Waals surface area contributed by atoms with E-state index >= 15 is 0 Å². The molecular weight excluding hydrogens is 160 g/mol. The van der Waals surface area contributed by atoms with Gasteiger partial charge >= 0.3 is 0 Å². The standard InChI is InChI=1S/C5H8S.ClH.2H2O/c1-3-5(6)4-2;;;/h3-4,6H,1H2,2H3;1H;2*1H2/b5-4+;;;. The fourth-order valence-electron chi connectivity index (χ4n) is 0.118. The Morgan fingerprint density at radius 1 is 1.44 bits per heavy atom. The van der Waals surface area contributed by atoms with E-state index in [-0.39, 0.29) is 23.4 Å². The minimum atomic E-state index is 0. The van der Waals surface area contributed by atoms with Crippen molar-refractivity contribution in [3.63, 3.8) is 0 Å². The van der Waals surface area contributed by atoms with Gasteiger partial charge in [-0.3, -0.25) is 0 Å². The molecule has 0 heterocycles. The molecule has 0 aromatic rings. The van der Waals surface area contributed by atoms with Crippen LogP contribution in [0, 0.1) is 0 Å². The van der Waals surface area contributed by atoms with Gasteiger partial charge in [0.2, 0.25) is 0 Å². The molecule has 4 heteroatoms. The molecule has 0 aliphatic heterocycles. The van der Waals surface area contributed by atoms with E-state index in [1.165, 1.54) is 0 Å². The van der Waals surface area contributed by atoms with Crippen LogP contribution in [0.3, 0.4) is 0 Å². The van der Waals surface area contributed by atoms with E-state index < -0.39 is 0 Å². The Labute approximate surface area is 67.1 Å². The fraction of sp³-hybridized carbons (Fsp3) is 0.200. The lowest BCUT2D eigenvalue weighted by molar-refractivity contribution is 0.823. The van der Waals surface area contributed by atoms with Crippen LogP contribution < -0.4 is 0 Å². The summed E-state index contributed by atoms with van der Waals surface area (Å²) < 4.78 is 0. The Morgan fingerprint density at radius 2 is 1.78 bits per heavy atom. The Bertz CT molecular complexity index is 83.0. The van der Waals surface area contributed by atoms with Gasteiger partial charge in [0.15, 0.2) is 0 Å². The average molecular weight is 173 g/mol. The van der Waals surface area contributed by atoms with E-state index in [1.807, 2.05) is 13.0 Å². The van der Waals surface area contributed by atoms with Gasteiger partial charge in [-0.05, 0) is 11.8 Å². The Kier molecular flexibility index (Phi) is 40.1. The molecule has 58 valence electrons. The van der Waals surface area contributed by atoms with Gasteiger partial charge in [0.1, 0.15) is 0 Å². The first-order chi connectivity index (χ1) is 2.81. The second-order valence-electron chi connectivity index (χ2n) is 0.918. The second-order valence-corrected chi connectivity index (χ2v) is 1.43. The quantitative estimate of drug-likeness (QED) is 0.449. The number of hydrogen-bond donors (Lipinski definition) is 1. The number of thiol groups is 1. The predicted octanol–water partition coefficient (Wildman–Crippen LogP) is 0.778. The van der Waals surface area contributed by atoms with Crippen LogP contribution in [0.5, 0.6) is 0 Å². The molecule has 0 aromatic carbocycles. The van der Waals surface area contributed by atoms with Crippen molar-refractivity contribution >= 4 is 25.0 Å². The zero-order valence-electron chi connectivity index (χ0n) is 5.22. The van der Waals surface area contributed by atoms with Crippen molar-refractivity contribution in [3.05, 3.63) is 23.6 Å². The average Bonchev–Trinajstić information content (AvgIpc) is 1.65. The van der Waals surface area contributed by atoms with Crippen LogP contribution >= 0.6 is 25.0 Å². The smallest absolute Gasteiger partial charge is 0.000867 e. The maximum absolute atomic E-state index is 3.97. The first kappa shape index (κ1) is 23.0. The molecule has 0 aliphatic rings. The van der Waals surface area contributed by atoms with Crippen molar-refractivity contribution in [2.45, 2.75) is 6.92 Å². The molecule has 0 aliphatic carbocycles. The monoisotopic (exact) mass is 172 g/mol. The molecular formula is C5H13ClO2S. The molecule has 9 heavy (non-hydrogen) atoms. The number of hydrogen-bond acceptors (Lipinski definition) is 1. The summed E-state index contributed by atoms with van der Waals surface area (Å²) in [5, 5.41) is 0. The molecule has 0 aromatic heterocycles. The predicted molar refractivity (Wildman–Crippen MR) is 47.4 cm³/mol. The van der Waals surface area contributed by atoms with Crippen molar-refractivity contribution in [1.82, 2.24) is 0 Å². The van der Waals surface area contributed by atoms with Crippen molar-refractivity contribution in [2.24, 2.45) is 0 Å². The van der Waals surface area contributed by atoms with Crippen LogP contribution in [-0.4, -0.2) is 11.0 Å². The van der Waals surface area contributed by atoms with E-state index in [0.717, 1.165) is 4.91 Å². The van der Waals surface area contributed by atoms with E-state index in [4.69, 9.17) is 0 Å². The Morgan fingerprint density at radius 3 is 1.78 bits per heavy atom. The first-order valence-electron chi connectivity index (χ1n) is 1.79. The van der Waals surface area contributed by atoms with E-state index in [2.05, 4.69) is 19.2 Å². The topological polar surface area (TPSA) is 63.0 Å². The van der Waals surface area contributed by atoms with Crippen molar-refractivity contribution in [1.29, 1.82) is 0 Å². The molecule has 2 nitrogen and oxygen atoms in total. The third kappa shape index (κ3) is 18.0. The summed E-state index contributed by atoms with van der Waals surface area (Å²) in [7, 11) is 0. The van der Waals surface area contributed by atoms with Crippen LogP contribution in [0.1, 0.15) is 6.92 Å². The molecule has 0 atom stereocenters. The van der Waals surface area contributed by atoms with E-state index in [9.17, 15) is 0 Å². The molecule has 0 radical (unpaired) electrons. The normalized spacial score (nSPS) is 7.56. The maximum atomic E-state index is 3.97. The van der Waals surface area contributed by atoms with Crippen molar-refractivity contribution in [2.75, 3.05) is 0 Å². The minimum Gasteiger partial charge on any atom is -0.412 e. The van der Waals surface area contributed by atoms with Gasteiger partial charge in [-0.15, -0.1) is 25.0 Å². The third-order valence-corrected chi connectivity index (χ3v) is 0.946.